The van der Waals surface area contributed by atoms with E-state index in [0.29, 0.717) is 25.2 Å². The van der Waals surface area contributed by atoms with Crippen LogP contribution in [0.15, 0.2) is 12.1 Å². The molecule has 1 aliphatic rings. The molecule has 114 valence electrons. The number of halogens is 1. The van der Waals surface area contributed by atoms with Gasteiger partial charge in [0, 0.05) is 13.2 Å². The molecule has 8 heteroatoms. The highest BCUT2D eigenvalue weighted by Crippen LogP contribution is 2.28. The SMILES string of the molecule is Nc1cc(C(=O)NCCOCC2CC2)c([N+](=O)[O-])cc1F. The number of nitrogen functional groups attached to an aromatic ring is 1. The number of nitro benzene ring substituents is 1. The fraction of sp³-hybridized carbons (Fsp3) is 0.462. The fourth-order valence-electron chi connectivity index (χ4n) is 1.78. The highest BCUT2D eigenvalue weighted by Gasteiger charge is 2.23. The minimum Gasteiger partial charge on any atom is -0.396 e. The number of hydrogen-bond donors (Lipinski definition) is 2. The van der Waals surface area contributed by atoms with E-state index in [1.807, 2.05) is 0 Å². The Kier molecular flexibility index (Phi) is 4.69. The van der Waals surface area contributed by atoms with Gasteiger partial charge in [0.1, 0.15) is 5.56 Å². The summed E-state index contributed by atoms with van der Waals surface area (Å²) in [6.45, 7) is 1.21. The monoisotopic (exact) mass is 297 g/mol. The Balaban J connectivity index is 1.93. The zero-order chi connectivity index (χ0) is 15.4. The Bertz CT molecular complexity index is 561. The quantitative estimate of drug-likeness (QED) is 0.343. The highest BCUT2D eigenvalue weighted by atomic mass is 19.1. The summed E-state index contributed by atoms with van der Waals surface area (Å²) >= 11 is 0. The molecule has 0 heterocycles. The van der Waals surface area contributed by atoms with E-state index < -0.39 is 22.3 Å². The van der Waals surface area contributed by atoms with Gasteiger partial charge in [0.2, 0.25) is 0 Å². The van der Waals surface area contributed by atoms with Crippen molar-refractivity contribution in [2.75, 3.05) is 25.5 Å². The van der Waals surface area contributed by atoms with Gasteiger partial charge in [0.05, 0.1) is 23.3 Å². The van der Waals surface area contributed by atoms with Gasteiger partial charge in [-0.1, -0.05) is 0 Å². The Morgan fingerprint density at radius 1 is 1.52 bits per heavy atom. The molecule has 21 heavy (non-hydrogen) atoms. The first-order chi connectivity index (χ1) is 9.99. The summed E-state index contributed by atoms with van der Waals surface area (Å²) in [5, 5.41) is 13.3. The number of ether oxygens (including phenoxy) is 1. The van der Waals surface area contributed by atoms with Gasteiger partial charge in [0.15, 0.2) is 5.82 Å². The third kappa shape index (κ3) is 4.12. The van der Waals surface area contributed by atoms with Crippen LogP contribution in [-0.2, 0) is 4.74 Å². The van der Waals surface area contributed by atoms with Crippen molar-refractivity contribution in [1.82, 2.24) is 5.32 Å². The fourth-order valence-corrected chi connectivity index (χ4v) is 1.78. The maximum Gasteiger partial charge on any atom is 0.285 e. The molecule has 1 aromatic carbocycles. The predicted molar refractivity (Wildman–Crippen MR) is 73.3 cm³/mol. The van der Waals surface area contributed by atoms with Gasteiger partial charge in [-0.15, -0.1) is 0 Å². The molecule has 1 amide bonds. The average molecular weight is 297 g/mol. The summed E-state index contributed by atoms with van der Waals surface area (Å²) in [6, 6.07) is 1.61. The summed E-state index contributed by atoms with van der Waals surface area (Å²) in [5.41, 5.74) is 4.16. The molecule has 2 rings (SSSR count). The highest BCUT2D eigenvalue weighted by molar-refractivity contribution is 5.99. The first-order valence-corrected chi connectivity index (χ1v) is 6.58. The predicted octanol–water partition coefficient (Wildman–Crippen LogP) is 1.47. The number of nitrogens with one attached hydrogen (secondary N) is 1. The maximum absolute atomic E-state index is 13.2. The van der Waals surface area contributed by atoms with E-state index in [0.717, 1.165) is 6.07 Å². The van der Waals surface area contributed by atoms with E-state index in [9.17, 15) is 19.3 Å². The van der Waals surface area contributed by atoms with E-state index in [1.165, 1.54) is 12.8 Å². The summed E-state index contributed by atoms with van der Waals surface area (Å²) in [4.78, 5) is 21.9. The van der Waals surface area contributed by atoms with Crippen LogP contribution in [0.25, 0.3) is 0 Å². The summed E-state index contributed by atoms with van der Waals surface area (Å²) in [7, 11) is 0. The Labute approximate surface area is 120 Å². The molecule has 7 nitrogen and oxygen atoms in total. The van der Waals surface area contributed by atoms with Gasteiger partial charge in [-0.05, 0) is 24.8 Å². The van der Waals surface area contributed by atoms with Gasteiger partial charge >= 0.3 is 0 Å². The molecule has 1 fully saturated rings. The number of benzene rings is 1. The zero-order valence-electron chi connectivity index (χ0n) is 11.3. The minimum absolute atomic E-state index is 0.222. The molecular formula is C13H16FN3O4. The van der Waals surface area contributed by atoms with Gasteiger partial charge < -0.3 is 15.8 Å². The van der Waals surface area contributed by atoms with Crippen molar-refractivity contribution in [3.8, 4) is 0 Å². The van der Waals surface area contributed by atoms with Crippen molar-refractivity contribution in [3.63, 3.8) is 0 Å². The number of nitro groups is 1. The number of nitrogens with two attached hydrogens (primary N) is 1. The number of carbonyl (C=O) groups excluding carboxylic acids is 1. The van der Waals surface area contributed by atoms with E-state index in [-0.39, 0.29) is 17.8 Å². The minimum atomic E-state index is -0.925. The van der Waals surface area contributed by atoms with Crippen LogP contribution in [0.3, 0.4) is 0 Å². The summed E-state index contributed by atoms with van der Waals surface area (Å²) < 4.78 is 18.6. The van der Waals surface area contributed by atoms with E-state index >= 15 is 0 Å². The number of nitrogens with zero attached hydrogens (tertiary/aromatic N) is 1. The van der Waals surface area contributed by atoms with Crippen molar-refractivity contribution in [2.24, 2.45) is 5.92 Å². The van der Waals surface area contributed by atoms with E-state index in [4.69, 9.17) is 10.5 Å². The third-order valence-electron chi connectivity index (χ3n) is 3.14. The second-order valence-corrected chi connectivity index (χ2v) is 4.92. The van der Waals surface area contributed by atoms with Crippen molar-refractivity contribution in [3.05, 3.63) is 33.6 Å². The molecule has 0 aliphatic heterocycles. The molecule has 0 bridgehead atoms. The normalized spacial score (nSPS) is 14.0. The molecule has 1 aliphatic carbocycles. The van der Waals surface area contributed by atoms with Crippen LogP contribution in [-0.4, -0.2) is 30.6 Å². The van der Waals surface area contributed by atoms with Crippen molar-refractivity contribution >= 4 is 17.3 Å². The largest absolute Gasteiger partial charge is 0.396 e. The van der Waals surface area contributed by atoms with E-state index in [2.05, 4.69) is 5.32 Å². The van der Waals surface area contributed by atoms with Crippen LogP contribution in [0.5, 0.6) is 0 Å². The number of hydrogen-bond acceptors (Lipinski definition) is 5. The molecule has 0 unspecified atom stereocenters. The van der Waals surface area contributed by atoms with Crippen LogP contribution in [0, 0.1) is 21.8 Å². The number of amides is 1. The molecule has 0 radical (unpaired) electrons. The van der Waals surface area contributed by atoms with Crippen LogP contribution >= 0.6 is 0 Å². The molecule has 0 spiro atoms. The first kappa shape index (κ1) is 15.2. The number of rotatable bonds is 7. The third-order valence-corrected chi connectivity index (χ3v) is 3.14. The zero-order valence-corrected chi connectivity index (χ0v) is 11.3. The van der Waals surface area contributed by atoms with Crippen LogP contribution in [0.4, 0.5) is 15.8 Å². The molecule has 0 atom stereocenters. The molecule has 0 saturated heterocycles. The van der Waals surface area contributed by atoms with Crippen molar-refractivity contribution < 1.29 is 18.8 Å². The lowest BCUT2D eigenvalue weighted by molar-refractivity contribution is -0.385. The molecular weight excluding hydrogens is 281 g/mol. The van der Waals surface area contributed by atoms with Crippen molar-refractivity contribution in [2.45, 2.75) is 12.8 Å². The lowest BCUT2D eigenvalue weighted by Crippen LogP contribution is -2.28. The Morgan fingerprint density at radius 2 is 2.24 bits per heavy atom. The lowest BCUT2D eigenvalue weighted by atomic mass is 10.1. The smallest absolute Gasteiger partial charge is 0.285 e. The van der Waals surface area contributed by atoms with Crippen molar-refractivity contribution in [1.29, 1.82) is 0 Å². The first-order valence-electron chi connectivity index (χ1n) is 6.58. The van der Waals surface area contributed by atoms with Gasteiger partial charge in [0.25, 0.3) is 11.6 Å². The van der Waals surface area contributed by atoms with Crippen LogP contribution < -0.4 is 11.1 Å². The number of anilines is 1. The van der Waals surface area contributed by atoms with Crippen LogP contribution in [0.1, 0.15) is 23.2 Å². The second-order valence-electron chi connectivity index (χ2n) is 4.92. The Morgan fingerprint density at radius 3 is 2.86 bits per heavy atom. The molecule has 3 N–H and O–H groups in total. The summed E-state index contributed by atoms with van der Waals surface area (Å²) in [5.74, 6) is -0.979. The number of carbonyl (C=O) groups is 1. The topological polar surface area (TPSA) is 107 Å². The van der Waals surface area contributed by atoms with Gasteiger partial charge in [-0.25, -0.2) is 4.39 Å². The molecule has 1 aromatic rings. The Hall–Kier alpha value is -2.22. The standard InChI is InChI=1S/C13H16FN3O4/c14-10-6-12(17(19)20)9(5-11(10)15)13(18)16-3-4-21-7-8-1-2-8/h5-6,8H,1-4,7,15H2,(H,16,18). The second kappa shape index (κ2) is 6.49. The maximum atomic E-state index is 13.2. The molecule has 1 saturated carbocycles. The lowest BCUT2D eigenvalue weighted by Gasteiger charge is -2.07. The van der Waals surface area contributed by atoms with E-state index in [1.54, 1.807) is 0 Å². The van der Waals surface area contributed by atoms with Gasteiger partial charge in [-0.3, -0.25) is 14.9 Å². The summed E-state index contributed by atoms with van der Waals surface area (Å²) in [6.07, 6.45) is 2.35. The molecule has 0 aromatic heterocycles. The van der Waals surface area contributed by atoms with Crippen LogP contribution in [0.2, 0.25) is 0 Å². The average Bonchev–Trinajstić information content (AvgIpc) is 3.24. The van der Waals surface area contributed by atoms with Gasteiger partial charge in [-0.2, -0.15) is 0 Å².